The number of rotatable bonds is 4. The Labute approximate surface area is 114 Å². The molecule has 1 aliphatic rings. The van der Waals surface area contributed by atoms with Crippen LogP contribution in [0.2, 0.25) is 0 Å². The summed E-state index contributed by atoms with van der Waals surface area (Å²) >= 11 is 0. The third-order valence-corrected chi connectivity index (χ3v) is 3.75. The number of unbranched alkanes of at least 4 members (excludes halogenated alkanes) is 1. The highest BCUT2D eigenvalue weighted by Gasteiger charge is 2.26. The lowest BCUT2D eigenvalue weighted by molar-refractivity contribution is 0.225. The fraction of sp³-hybridized carbons (Fsp3) is 0.294. The molecule has 19 heavy (non-hydrogen) atoms. The number of hydrogen-bond donors (Lipinski definition) is 2. The molecule has 0 bridgehead atoms. The van der Waals surface area contributed by atoms with E-state index in [-0.39, 0.29) is 0 Å². The smallest absolute Gasteiger partial charge is 0.105 e. The van der Waals surface area contributed by atoms with Gasteiger partial charge in [-0.25, -0.2) is 0 Å². The fourth-order valence-corrected chi connectivity index (χ4v) is 2.70. The number of hydrogen-bond acceptors (Lipinski definition) is 2. The zero-order chi connectivity index (χ0) is 13.2. The van der Waals surface area contributed by atoms with Crippen molar-refractivity contribution in [3.63, 3.8) is 0 Å². The number of anilines is 1. The molecule has 0 fully saturated rings. The van der Waals surface area contributed by atoms with Crippen LogP contribution in [0.15, 0.2) is 42.5 Å². The molecule has 0 aromatic heterocycles. The van der Waals surface area contributed by atoms with Crippen LogP contribution in [0, 0.1) is 0 Å². The maximum atomic E-state index is 10.4. The van der Waals surface area contributed by atoms with E-state index in [4.69, 9.17) is 0 Å². The molecule has 3 rings (SSSR count). The predicted molar refractivity (Wildman–Crippen MR) is 79.3 cm³/mol. The van der Waals surface area contributed by atoms with E-state index in [1.165, 1.54) is 12.8 Å². The number of fused-ring (bicyclic) bond motifs is 3. The van der Waals surface area contributed by atoms with Crippen molar-refractivity contribution in [3.05, 3.63) is 53.6 Å². The highest BCUT2D eigenvalue weighted by Crippen LogP contribution is 2.44. The topological polar surface area (TPSA) is 32.3 Å². The summed E-state index contributed by atoms with van der Waals surface area (Å²) in [6.45, 7) is 3.17. The molecule has 1 atom stereocenters. The molecule has 2 aromatic rings. The Morgan fingerprint density at radius 1 is 1.05 bits per heavy atom. The van der Waals surface area contributed by atoms with Crippen LogP contribution >= 0.6 is 0 Å². The van der Waals surface area contributed by atoms with Gasteiger partial charge in [0.1, 0.15) is 6.10 Å². The highest BCUT2D eigenvalue weighted by molar-refractivity contribution is 5.79. The van der Waals surface area contributed by atoms with Crippen LogP contribution in [0.5, 0.6) is 0 Å². The van der Waals surface area contributed by atoms with Crippen molar-refractivity contribution in [1.82, 2.24) is 0 Å². The van der Waals surface area contributed by atoms with Crippen LogP contribution in [0.25, 0.3) is 11.1 Å². The van der Waals surface area contributed by atoms with Crippen LogP contribution in [-0.4, -0.2) is 11.7 Å². The normalized spacial score (nSPS) is 16.0. The van der Waals surface area contributed by atoms with E-state index in [1.54, 1.807) is 0 Å². The minimum absolute atomic E-state index is 0.487. The Kier molecular flexibility index (Phi) is 3.26. The first-order chi connectivity index (χ1) is 9.31. The average Bonchev–Trinajstić information content (AvgIpc) is 2.73. The van der Waals surface area contributed by atoms with Gasteiger partial charge in [-0.3, -0.25) is 0 Å². The number of aliphatic hydroxyl groups excluding tert-OH is 1. The van der Waals surface area contributed by atoms with Crippen molar-refractivity contribution in [2.45, 2.75) is 25.9 Å². The lowest BCUT2D eigenvalue weighted by atomic mass is 10.1. The van der Waals surface area contributed by atoms with Gasteiger partial charge >= 0.3 is 0 Å². The van der Waals surface area contributed by atoms with Gasteiger partial charge in [0, 0.05) is 12.2 Å². The van der Waals surface area contributed by atoms with Crippen molar-refractivity contribution in [2.24, 2.45) is 0 Å². The van der Waals surface area contributed by atoms with Crippen LogP contribution in [0.1, 0.15) is 37.0 Å². The van der Waals surface area contributed by atoms with Gasteiger partial charge in [0.15, 0.2) is 0 Å². The van der Waals surface area contributed by atoms with Crippen LogP contribution in [-0.2, 0) is 0 Å². The zero-order valence-electron chi connectivity index (χ0n) is 11.2. The van der Waals surface area contributed by atoms with E-state index in [9.17, 15) is 5.11 Å². The molecule has 0 radical (unpaired) electrons. The van der Waals surface area contributed by atoms with Crippen LogP contribution in [0.3, 0.4) is 0 Å². The Morgan fingerprint density at radius 2 is 1.84 bits per heavy atom. The molecular weight excluding hydrogens is 234 g/mol. The molecule has 2 N–H and O–H groups in total. The average molecular weight is 253 g/mol. The van der Waals surface area contributed by atoms with Crippen molar-refractivity contribution in [2.75, 3.05) is 11.9 Å². The molecule has 2 heteroatoms. The second-order valence-electron chi connectivity index (χ2n) is 5.07. The third kappa shape index (κ3) is 2.13. The summed E-state index contributed by atoms with van der Waals surface area (Å²) in [6, 6.07) is 14.4. The van der Waals surface area contributed by atoms with Gasteiger partial charge in [0.05, 0.1) is 0 Å². The molecule has 0 heterocycles. The monoisotopic (exact) mass is 253 g/mol. The summed E-state index contributed by atoms with van der Waals surface area (Å²) in [7, 11) is 0. The number of aliphatic hydroxyl groups is 1. The second-order valence-corrected chi connectivity index (χ2v) is 5.07. The maximum absolute atomic E-state index is 10.4. The molecule has 2 nitrogen and oxygen atoms in total. The van der Waals surface area contributed by atoms with Crippen molar-refractivity contribution in [3.8, 4) is 11.1 Å². The second kappa shape index (κ2) is 5.06. The van der Waals surface area contributed by atoms with Gasteiger partial charge in [-0.15, -0.1) is 0 Å². The van der Waals surface area contributed by atoms with E-state index in [1.807, 2.05) is 18.2 Å². The molecule has 0 saturated carbocycles. The summed E-state index contributed by atoms with van der Waals surface area (Å²) in [4.78, 5) is 0. The molecule has 0 spiro atoms. The summed E-state index contributed by atoms with van der Waals surface area (Å²) in [5.74, 6) is 0. The van der Waals surface area contributed by atoms with E-state index in [0.29, 0.717) is 0 Å². The van der Waals surface area contributed by atoms with Gasteiger partial charge in [-0.1, -0.05) is 43.7 Å². The standard InChI is InChI=1S/C17H19NO/c1-2-3-10-18-12-8-9-14-13-6-4-5-7-15(13)17(19)16(14)11-12/h4-9,11,17-19H,2-3,10H2,1H3/t17-/m0/s1. The van der Waals surface area contributed by atoms with Crippen molar-refractivity contribution in [1.29, 1.82) is 0 Å². The van der Waals surface area contributed by atoms with E-state index in [0.717, 1.165) is 34.5 Å². The molecule has 0 unspecified atom stereocenters. The molecule has 1 aliphatic carbocycles. The molecule has 0 aliphatic heterocycles. The summed E-state index contributed by atoms with van der Waals surface area (Å²) < 4.78 is 0. The summed E-state index contributed by atoms with van der Waals surface area (Å²) in [6.07, 6.45) is 1.87. The van der Waals surface area contributed by atoms with Crippen molar-refractivity contribution >= 4 is 5.69 Å². The first-order valence-corrected chi connectivity index (χ1v) is 6.96. The van der Waals surface area contributed by atoms with E-state index < -0.39 is 6.10 Å². The minimum Gasteiger partial charge on any atom is -0.385 e. The molecule has 98 valence electrons. The highest BCUT2D eigenvalue weighted by atomic mass is 16.3. The third-order valence-electron chi connectivity index (χ3n) is 3.75. The van der Waals surface area contributed by atoms with Gasteiger partial charge < -0.3 is 10.4 Å². The summed E-state index contributed by atoms with van der Waals surface area (Å²) in [5, 5.41) is 13.8. The maximum Gasteiger partial charge on any atom is 0.105 e. The Hall–Kier alpha value is -1.80. The minimum atomic E-state index is -0.487. The molecule has 2 aromatic carbocycles. The lowest BCUT2D eigenvalue weighted by Crippen LogP contribution is -2.02. The Morgan fingerprint density at radius 3 is 2.68 bits per heavy atom. The molecule has 0 saturated heterocycles. The number of nitrogens with one attached hydrogen (secondary N) is 1. The largest absolute Gasteiger partial charge is 0.385 e. The van der Waals surface area contributed by atoms with E-state index >= 15 is 0 Å². The fourth-order valence-electron chi connectivity index (χ4n) is 2.70. The van der Waals surface area contributed by atoms with Gasteiger partial charge in [-0.2, -0.15) is 0 Å². The molecule has 0 amide bonds. The zero-order valence-corrected chi connectivity index (χ0v) is 11.2. The quantitative estimate of drug-likeness (QED) is 0.808. The lowest BCUT2D eigenvalue weighted by Gasteiger charge is -2.10. The van der Waals surface area contributed by atoms with Crippen LogP contribution in [0.4, 0.5) is 5.69 Å². The van der Waals surface area contributed by atoms with Crippen LogP contribution < -0.4 is 5.32 Å². The first kappa shape index (κ1) is 12.2. The van der Waals surface area contributed by atoms with Gasteiger partial charge in [0.2, 0.25) is 0 Å². The van der Waals surface area contributed by atoms with E-state index in [2.05, 4.69) is 36.5 Å². The van der Waals surface area contributed by atoms with Gasteiger partial charge in [-0.05, 0) is 40.8 Å². The number of benzene rings is 2. The Bertz CT molecular complexity index is 592. The van der Waals surface area contributed by atoms with Crippen molar-refractivity contribution < 1.29 is 5.11 Å². The summed E-state index contributed by atoms with van der Waals surface area (Å²) in [5.41, 5.74) is 5.44. The van der Waals surface area contributed by atoms with Gasteiger partial charge in [0.25, 0.3) is 0 Å². The Balaban J connectivity index is 1.92. The predicted octanol–water partition coefficient (Wildman–Crippen LogP) is 3.96. The first-order valence-electron chi connectivity index (χ1n) is 6.96. The SMILES string of the molecule is CCCCNc1ccc2c(c1)[C@@H](O)c1ccccc1-2. The molecular formula is C17H19NO.